The van der Waals surface area contributed by atoms with Gasteiger partial charge in [0.25, 0.3) is 0 Å². The maximum Gasteiger partial charge on any atom is 0.224 e. The molecule has 0 aliphatic rings. The van der Waals surface area contributed by atoms with Crippen LogP contribution in [0, 0.1) is 6.92 Å². The van der Waals surface area contributed by atoms with Crippen molar-refractivity contribution < 1.29 is 4.79 Å². The smallest absolute Gasteiger partial charge is 0.224 e. The normalized spacial score (nSPS) is 11.9. The van der Waals surface area contributed by atoms with Crippen LogP contribution in [0.3, 0.4) is 0 Å². The van der Waals surface area contributed by atoms with Gasteiger partial charge in [0.2, 0.25) is 11.9 Å². The van der Waals surface area contributed by atoms with E-state index in [2.05, 4.69) is 30.6 Å². The van der Waals surface area contributed by atoms with Gasteiger partial charge in [-0.25, -0.2) is 19.9 Å². The fourth-order valence-electron chi connectivity index (χ4n) is 2.59. The number of nitrogens with one attached hydrogen (secondary N) is 2. The number of anilines is 3. The van der Waals surface area contributed by atoms with Gasteiger partial charge in [-0.2, -0.15) is 0 Å². The van der Waals surface area contributed by atoms with E-state index >= 15 is 0 Å². The Labute approximate surface area is 158 Å². The monoisotopic (exact) mass is 365 g/mol. The minimum absolute atomic E-state index is 0.0425. The first-order chi connectivity index (χ1) is 12.9. The molecule has 3 aromatic rings. The number of nitrogens with zero attached hydrogens (tertiary/aromatic N) is 5. The molecule has 0 radical (unpaired) electrons. The highest BCUT2D eigenvalue weighted by Crippen LogP contribution is 2.22. The predicted molar refractivity (Wildman–Crippen MR) is 106 cm³/mol. The lowest BCUT2D eigenvalue weighted by Crippen LogP contribution is -2.29. The molecule has 1 amide bonds. The van der Waals surface area contributed by atoms with Gasteiger partial charge in [-0.15, -0.1) is 0 Å². The van der Waals surface area contributed by atoms with Gasteiger partial charge in [0.1, 0.15) is 17.4 Å². The highest BCUT2D eigenvalue weighted by Gasteiger charge is 2.13. The van der Waals surface area contributed by atoms with Crippen molar-refractivity contribution in [3.05, 3.63) is 42.4 Å². The third kappa shape index (κ3) is 4.66. The van der Waals surface area contributed by atoms with Crippen molar-refractivity contribution in [1.29, 1.82) is 0 Å². The second kappa shape index (κ2) is 7.94. The number of amides is 1. The second-order valence-corrected chi connectivity index (χ2v) is 6.68. The Morgan fingerprint density at radius 2 is 2.04 bits per heavy atom. The van der Waals surface area contributed by atoms with Crippen molar-refractivity contribution in [2.24, 2.45) is 0 Å². The van der Waals surface area contributed by atoms with E-state index in [0.29, 0.717) is 29.2 Å². The highest BCUT2D eigenvalue weighted by atomic mass is 16.2. The number of aromatic nitrogens is 4. The van der Waals surface area contributed by atoms with Gasteiger partial charge < -0.3 is 15.5 Å². The van der Waals surface area contributed by atoms with Crippen molar-refractivity contribution in [3.8, 4) is 0 Å². The van der Waals surface area contributed by atoms with Crippen LogP contribution in [0.5, 0.6) is 0 Å². The SMILES string of the molecule is Cc1cccc(Nc2ncnc3cnc(NC(C)CC(=O)N(C)C)nc23)c1. The van der Waals surface area contributed by atoms with Crippen LogP contribution in [0.25, 0.3) is 11.0 Å². The van der Waals surface area contributed by atoms with E-state index in [1.807, 2.05) is 38.1 Å². The molecule has 140 valence electrons. The van der Waals surface area contributed by atoms with E-state index in [1.165, 1.54) is 6.33 Å². The molecular weight excluding hydrogens is 342 g/mol. The zero-order valence-electron chi connectivity index (χ0n) is 15.9. The van der Waals surface area contributed by atoms with Crippen LogP contribution in [-0.2, 0) is 4.79 Å². The Bertz CT molecular complexity index is 958. The van der Waals surface area contributed by atoms with Crippen LogP contribution in [0.15, 0.2) is 36.8 Å². The topological polar surface area (TPSA) is 95.9 Å². The number of carbonyl (C=O) groups is 1. The van der Waals surface area contributed by atoms with Crippen LogP contribution in [0.2, 0.25) is 0 Å². The van der Waals surface area contributed by atoms with Crippen LogP contribution in [-0.4, -0.2) is 50.9 Å². The van der Waals surface area contributed by atoms with Crippen LogP contribution < -0.4 is 10.6 Å². The summed E-state index contributed by atoms with van der Waals surface area (Å²) in [5.41, 5.74) is 3.33. The van der Waals surface area contributed by atoms with Crippen molar-refractivity contribution in [2.45, 2.75) is 26.3 Å². The number of hydrogen-bond donors (Lipinski definition) is 2. The molecule has 0 aliphatic carbocycles. The molecule has 0 fully saturated rings. The fourth-order valence-corrected chi connectivity index (χ4v) is 2.59. The number of rotatable bonds is 6. The van der Waals surface area contributed by atoms with Crippen molar-refractivity contribution in [1.82, 2.24) is 24.8 Å². The summed E-state index contributed by atoms with van der Waals surface area (Å²) in [6.45, 7) is 3.95. The molecule has 1 unspecified atom stereocenters. The van der Waals surface area contributed by atoms with Gasteiger partial charge in [0.15, 0.2) is 5.82 Å². The summed E-state index contributed by atoms with van der Waals surface area (Å²) in [6, 6.07) is 7.91. The van der Waals surface area contributed by atoms with Gasteiger partial charge in [0.05, 0.1) is 6.20 Å². The Morgan fingerprint density at radius 3 is 2.78 bits per heavy atom. The number of fused-ring (bicyclic) bond motifs is 1. The summed E-state index contributed by atoms with van der Waals surface area (Å²) >= 11 is 0. The van der Waals surface area contributed by atoms with Gasteiger partial charge in [-0.3, -0.25) is 4.79 Å². The van der Waals surface area contributed by atoms with E-state index in [-0.39, 0.29) is 11.9 Å². The van der Waals surface area contributed by atoms with Crippen molar-refractivity contribution in [3.63, 3.8) is 0 Å². The molecule has 2 aromatic heterocycles. The minimum Gasteiger partial charge on any atom is -0.351 e. The molecule has 27 heavy (non-hydrogen) atoms. The molecule has 0 aliphatic heterocycles. The van der Waals surface area contributed by atoms with E-state index in [9.17, 15) is 4.79 Å². The standard InChI is InChI=1S/C19H23N7O/c1-12-6-5-7-14(8-12)24-18-17-15(21-11-22-18)10-20-19(25-17)23-13(2)9-16(27)26(3)4/h5-8,10-11,13H,9H2,1-4H3,(H,20,23,25)(H,21,22,24). The van der Waals surface area contributed by atoms with Gasteiger partial charge >= 0.3 is 0 Å². The molecular formula is C19H23N7O. The average molecular weight is 365 g/mol. The van der Waals surface area contributed by atoms with E-state index in [0.717, 1.165) is 11.3 Å². The molecule has 0 spiro atoms. The van der Waals surface area contributed by atoms with Gasteiger partial charge in [-0.05, 0) is 31.5 Å². The molecule has 2 N–H and O–H groups in total. The van der Waals surface area contributed by atoms with Crippen LogP contribution >= 0.6 is 0 Å². The zero-order chi connectivity index (χ0) is 19.4. The number of aryl methyl sites for hydroxylation is 1. The zero-order valence-corrected chi connectivity index (χ0v) is 15.9. The first-order valence-electron chi connectivity index (χ1n) is 8.70. The van der Waals surface area contributed by atoms with Crippen molar-refractivity contribution >= 4 is 34.4 Å². The van der Waals surface area contributed by atoms with Gasteiger partial charge in [-0.1, -0.05) is 12.1 Å². The molecule has 8 nitrogen and oxygen atoms in total. The number of carbonyl (C=O) groups excluding carboxylic acids is 1. The van der Waals surface area contributed by atoms with Gasteiger partial charge in [0, 0.05) is 32.2 Å². The lowest BCUT2D eigenvalue weighted by atomic mass is 10.2. The molecule has 0 saturated carbocycles. The third-order valence-corrected chi connectivity index (χ3v) is 4.01. The largest absolute Gasteiger partial charge is 0.351 e. The average Bonchev–Trinajstić information content (AvgIpc) is 2.62. The Hall–Kier alpha value is -3.29. The number of benzene rings is 1. The quantitative estimate of drug-likeness (QED) is 0.693. The number of hydrogen-bond acceptors (Lipinski definition) is 7. The summed E-state index contributed by atoms with van der Waals surface area (Å²) < 4.78 is 0. The van der Waals surface area contributed by atoms with E-state index < -0.39 is 0 Å². The molecule has 3 rings (SSSR count). The van der Waals surface area contributed by atoms with E-state index in [1.54, 1.807) is 25.2 Å². The molecule has 8 heteroatoms. The highest BCUT2D eigenvalue weighted by molar-refractivity contribution is 5.87. The lowest BCUT2D eigenvalue weighted by Gasteiger charge is -2.16. The molecule has 0 saturated heterocycles. The third-order valence-electron chi connectivity index (χ3n) is 4.01. The second-order valence-electron chi connectivity index (χ2n) is 6.68. The summed E-state index contributed by atoms with van der Waals surface area (Å²) in [4.78, 5) is 30.8. The Morgan fingerprint density at radius 1 is 1.22 bits per heavy atom. The summed E-state index contributed by atoms with van der Waals surface area (Å²) in [6.07, 6.45) is 3.48. The molecule has 1 atom stereocenters. The first kappa shape index (κ1) is 18.5. The maximum absolute atomic E-state index is 11.9. The summed E-state index contributed by atoms with van der Waals surface area (Å²) in [5, 5.41) is 6.45. The van der Waals surface area contributed by atoms with E-state index in [4.69, 9.17) is 0 Å². The van der Waals surface area contributed by atoms with Crippen LogP contribution in [0.4, 0.5) is 17.5 Å². The molecule has 2 heterocycles. The van der Waals surface area contributed by atoms with Crippen molar-refractivity contribution in [2.75, 3.05) is 24.7 Å². The Kier molecular flexibility index (Phi) is 5.44. The maximum atomic E-state index is 11.9. The van der Waals surface area contributed by atoms with Crippen LogP contribution in [0.1, 0.15) is 18.9 Å². The molecule has 0 bridgehead atoms. The fraction of sp³-hybridized carbons (Fsp3) is 0.316. The Balaban J connectivity index is 1.84. The minimum atomic E-state index is -0.102. The lowest BCUT2D eigenvalue weighted by molar-refractivity contribution is -0.128. The summed E-state index contributed by atoms with van der Waals surface area (Å²) in [5.74, 6) is 1.08. The summed E-state index contributed by atoms with van der Waals surface area (Å²) in [7, 11) is 3.48. The molecule has 1 aromatic carbocycles. The predicted octanol–water partition coefficient (Wildman–Crippen LogP) is 2.75. The first-order valence-corrected chi connectivity index (χ1v) is 8.70.